The number of carbonyl (C=O) groups is 1. The summed E-state index contributed by atoms with van der Waals surface area (Å²) >= 11 is 6.00. The van der Waals surface area contributed by atoms with Crippen LogP contribution in [0.5, 0.6) is 0 Å². The SMILES string of the molecule is [C-]#[N+]c1ncc(-c2cnc3[nH]cc(/C=C/C(N)=O)c3n2)cc1Cl. The maximum Gasteiger partial charge on any atom is 0.288 e. The van der Waals surface area contributed by atoms with Crippen LogP contribution < -0.4 is 5.73 Å². The fourth-order valence-electron chi connectivity index (χ4n) is 2.00. The largest absolute Gasteiger partial charge is 0.366 e. The van der Waals surface area contributed by atoms with E-state index < -0.39 is 5.91 Å². The first-order chi connectivity index (χ1) is 11.1. The van der Waals surface area contributed by atoms with Crippen LogP contribution in [0, 0.1) is 6.57 Å². The maximum atomic E-state index is 10.9. The summed E-state index contributed by atoms with van der Waals surface area (Å²) in [6, 6.07) is 1.61. The first-order valence-corrected chi connectivity index (χ1v) is 6.81. The standard InChI is InChI=1S/C15H9ClN6O/c1-18-14-10(16)4-9(6-19-14)11-7-21-15-13(22-11)8(5-20-15)2-3-12(17)23/h2-7H,(H2,17,23)(H,20,21)/b3-2+. The number of amides is 1. The van der Waals surface area contributed by atoms with Gasteiger partial charge in [0.15, 0.2) is 5.65 Å². The van der Waals surface area contributed by atoms with E-state index in [2.05, 4.69) is 24.8 Å². The molecule has 3 heterocycles. The summed E-state index contributed by atoms with van der Waals surface area (Å²) < 4.78 is 0. The zero-order valence-corrected chi connectivity index (χ0v) is 12.4. The Balaban J connectivity index is 2.09. The Hall–Kier alpha value is -3.24. The minimum absolute atomic E-state index is 0.135. The molecule has 0 aliphatic rings. The van der Waals surface area contributed by atoms with Crippen molar-refractivity contribution in [3.8, 4) is 11.3 Å². The first-order valence-electron chi connectivity index (χ1n) is 6.43. The van der Waals surface area contributed by atoms with E-state index in [4.69, 9.17) is 23.9 Å². The monoisotopic (exact) mass is 324 g/mol. The second-order valence-electron chi connectivity index (χ2n) is 4.57. The van der Waals surface area contributed by atoms with Gasteiger partial charge in [-0.25, -0.2) is 9.97 Å². The van der Waals surface area contributed by atoms with Crippen molar-refractivity contribution < 1.29 is 4.79 Å². The first kappa shape index (κ1) is 14.7. The van der Waals surface area contributed by atoms with Crippen LogP contribution in [0.25, 0.3) is 33.3 Å². The summed E-state index contributed by atoms with van der Waals surface area (Å²) in [5.74, 6) is -0.412. The van der Waals surface area contributed by atoms with Gasteiger partial charge in [0, 0.05) is 23.4 Å². The highest BCUT2D eigenvalue weighted by molar-refractivity contribution is 6.33. The predicted octanol–water partition coefficient (Wildman–Crippen LogP) is 2.72. The number of nitrogens with zero attached hydrogens (tertiary/aromatic N) is 4. The number of nitrogens with one attached hydrogen (secondary N) is 1. The van der Waals surface area contributed by atoms with Gasteiger partial charge < -0.3 is 15.6 Å². The van der Waals surface area contributed by atoms with Gasteiger partial charge in [-0.2, -0.15) is 0 Å². The Morgan fingerprint density at radius 1 is 1.39 bits per heavy atom. The Labute approximate surface area is 135 Å². The van der Waals surface area contributed by atoms with Crippen LogP contribution in [0.1, 0.15) is 5.56 Å². The van der Waals surface area contributed by atoms with E-state index in [1.54, 1.807) is 24.5 Å². The third-order valence-electron chi connectivity index (χ3n) is 3.06. The number of aromatic nitrogens is 4. The molecule has 0 saturated heterocycles. The van der Waals surface area contributed by atoms with Crippen molar-refractivity contribution in [2.24, 2.45) is 5.73 Å². The highest BCUT2D eigenvalue weighted by atomic mass is 35.5. The zero-order valence-electron chi connectivity index (χ0n) is 11.6. The molecular weight excluding hydrogens is 316 g/mol. The van der Waals surface area contributed by atoms with Gasteiger partial charge in [-0.1, -0.05) is 18.2 Å². The number of pyridine rings is 1. The predicted molar refractivity (Wildman–Crippen MR) is 86.6 cm³/mol. The lowest BCUT2D eigenvalue weighted by Crippen LogP contribution is -2.05. The molecule has 0 radical (unpaired) electrons. The van der Waals surface area contributed by atoms with Crippen LogP contribution in [-0.2, 0) is 4.79 Å². The molecular formula is C15H9ClN6O. The number of rotatable bonds is 3. The molecule has 112 valence electrons. The Bertz CT molecular complexity index is 985. The van der Waals surface area contributed by atoms with Gasteiger partial charge in [0.2, 0.25) is 5.91 Å². The molecule has 3 rings (SSSR count). The van der Waals surface area contributed by atoms with Crippen molar-refractivity contribution >= 4 is 40.6 Å². The van der Waals surface area contributed by atoms with Gasteiger partial charge in [0.05, 0.1) is 16.9 Å². The fraction of sp³-hybridized carbons (Fsp3) is 0. The smallest absolute Gasteiger partial charge is 0.288 e. The van der Waals surface area contributed by atoms with Crippen molar-refractivity contribution in [3.63, 3.8) is 0 Å². The highest BCUT2D eigenvalue weighted by Crippen LogP contribution is 2.28. The molecule has 0 unspecified atom stereocenters. The van der Waals surface area contributed by atoms with Crippen molar-refractivity contribution in [2.45, 2.75) is 0 Å². The summed E-state index contributed by atoms with van der Waals surface area (Å²) in [5, 5.41) is 0.252. The van der Waals surface area contributed by atoms with Crippen molar-refractivity contribution in [1.82, 2.24) is 19.9 Å². The topological polar surface area (TPSA) is 102 Å². The van der Waals surface area contributed by atoms with Crippen molar-refractivity contribution in [1.29, 1.82) is 0 Å². The molecule has 3 aromatic rings. The van der Waals surface area contributed by atoms with Gasteiger partial charge in [0.25, 0.3) is 5.82 Å². The normalized spacial score (nSPS) is 11.0. The minimum Gasteiger partial charge on any atom is -0.366 e. The molecule has 0 aliphatic heterocycles. The van der Waals surface area contributed by atoms with E-state index in [1.165, 1.54) is 12.3 Å². The molecule has 0 aromatic carbocycles. The van der Waals surface area contributed by atoms with Crippen molar-refractivity contribution in [2.75, 3.05) is 0 Å². The lowest BCUT2D eigenvalue weighted by molar-refractivity contribution is -0.113. The average molecular weight is 325 g/mol. The molecule has 0 fully saturated rings. The second kappa shape index (κ2) is 5.87. The van der Waals surface area contributed by atoms with Crippen LogP contribution in [0.4, 0.5) is 5.82 Å². The number of hydrogen-bond acceptors (Lipinski definition) is 4. The zero-order chi connectivity index (χ0) is 16.4. The van der Waals surface area contributed by atoms with E-state index >= 15 is 0 Å². The fourth-order valence-corrected chi connectivity index (χ4v) is 2.21. The summed E-state index contributed by atoms with van der Waals surface area (Å²) in [7, 11) is 0. The third kappa shape index (κ3) is 2.88. The van der Waals surface area contributed by atoms with Crippen LogP contribution in [0.15, 0.2) is 30.7 Å². The maximum absolute atomic E-state index is 10.9. The van der Waals surface area contributed by atoms with Gasteiger partial charge in [-0.3, -0.25) is 4.79 Å². The highest BCUT2D eigenvalue weighted by Gasteiger charge is 2.11. The van der Waals surface area contributed by atoms with E-state index in [1.807, 2.05) is 0 Å². The molecule has 0 saturated carbocycles. The lowest BCUT2D eigenvalue weighted by Gasteiger charge is -2.01. The number of H-pyrrole nitrogens is 1. The molecule has 1 amide bonds. The second-order valence-corrected chi connectivity index (χ2v) is 4.98. The summed E-state index contributed by atoms with van der Waals surface area (Å²) in [4.78, 5) is 29.8. The van der Waals surface area contributed by atoms with Crippen molar-refractivity contribution in [3.05, 3.63) is 52.7 Å². The van der Waals surface area contributed by atoms with Crippen LogP contribution in [0.2, 0.25) is 5.02 Å². The van der Waals surface area contributed by atoms with Crippen LogP contribution in [0.3, 0.4) is 0 Å². The molecule has 0 spiro atoms. The molecule has 3 N–H and O–H groups in total. The van der Waals surface area contributed by atoms with Gasteiger partial charge in [-0.15, -0.1) is 4.98 Å². The van der Waals surface area contributed by atoms with Gasteiger partial charge in [0.1, 0.15) is 11.7 Å². The number of primary amides is 1. The van der Waals surface area contributed by atoms with E-state index in [0.717, 1.165) is 0 Å². The number of nitrogens with two attached hydrogens (primary N) is 1. The van der Waals surface area contributed by atoms with E-state index in [-0.39, 0.29) is 10.8 Å². The Morgan fingerprint density at radius 3 is 2.91 bits per heavy atom. The summed E-state index contributed by atoms with van der Waals surface area (Å²) in [6.07, 6.45) is 7.58. The minimum atomic E-state index is -0.547. The number of carbonyl (C=O) groups excluding carboxylic acids is 1. The summed E-state index contributed by atoms with van der Waals surface area (Å²) in [5.41, 5.74) is 8.14. The summed E-state index contributed by atoms with van der Waals surface area (Å²) in [6.45, 7) is 6.96. The van der Waals surface area contributed by atoms with Crippen LogP contribution in [-0.4, -0.2) is 25.8 Å². The number of fused-ring (bicyclic) bond motifs is 1. The number of halogens is 1. The van der Waals surface area contributed by atoms with E-state index in [9.17, 15) is 4.79 Å². The molecule has 0 bridgehead atoms. The molecule has 0 atom stereocenters. The quantitative estimate of drug-likeness (QED) is 0.571. The molecule has 3 aromatic heterocycles. The van der Waals surface area contributed by atoms with Gasteiger partial charge >= 0.3 is 0 Å². The third-order valence-corrected chi connectivity index (χ3v) is 3.34. The molecule has 8 heteroatoms. The Morgan fingerprint density at radius 2 is 2.22 bits per heavy atom. The average Bonchev–Trinajstić information content (AvgIpc) is 2.95. The molecule has 23 heavy (non-hydrogen) atoms. The molecule has 0 aliphatic carbocycles. The van der Waals surface area contributed by atoms with Gasteiger partial charge in [-0.05, 0) is 12.1 Å². The number of aromatic amines is 1. The van der Waals surface area contributed by atoms with Crippen LogP contribution >= 0.6 is 11.6 Å². The lowest BCUT2D eigenvalue weighted by atomic mass is 10.2. The Kier molecular flexibility index (Phi) is 3.75. The van der Waals surface area contributed by atoms with E-state index in [0.29, 0.717) is 28.0 Å². The molecule has 7 nitrogen and oxygen atoms in total. The number of hydrogen-bond donors (Lipinski definition) is 2.